The van der Waals surface area contributed by atoms with Gasteiger partial charge in [-0.1, -0.05) is 19.4 Å². The average Bonchev–Trinajstić information content (AvgIpc) is 3.07. The van der Waals surface area contributed by atoms with Crippen LogP contribution in [0.3, 0.4) is 0 Å². The zero-order chi connectivity index (χ0) is 21.2. The summed E-state index contributed by atoms with van der Waals surface area (Å²) in [6, 6.07) is 2.53. The molecule has 1 aromatic heterocycles. The third-order valence-electron chi connectivity index (χ3n) is 5.11. The summed E-state index contributed by atoms with van der Waals surface area (Å²) in [6.45, 7) is 13.0. The van der Waals surface area contributed by atoms with Gasteiger partial charge in [-0.3, -0.25) is 4.79 Å². The number of hydrogen-bond donors (Lipinski definition) is 2. The molecule has 2 heterocycles. The molecule has 1 atom stereocenters. The molecule has 0 radical (unpaired) electrons. The van der Waals surface area contributed by atoms with Gasteiger partial charge in [0.05, 0.1) is 6.04 Å². The van der Waals surface area contributed by atoms with Crippen LogP contribution in [0.1, 0.15) is 67.2 Å². The second-order valence-corrected chi connectivity index (χ2v) is 12.0. The number of nitrogens with zero attached hydrogens (tertiary/aromatic N) is 1. The van der Waals surface area contributed by atoms with E-state index < -0.39 is 16.1 Å². The fourth-order valence-electron chi connectivity index (χ4n) is 4.30. The molecule has 6 nitrogen and oxygen atoms in total. The standard InChI is InChI=1S/C20H35N3O3S2/c1-7-8-11-23(16-13-19(3,4)22-20(5,6)14-16)18(24)15(2)21-28(25,26)17-10-9-12-27-17/h9-10,12,15-16,21-22H,7-8,11,13-14H2,1-6H3. The van der Waals surface area contributed by atoms with Gasteiger partial charge in [0.15, 0.2) is 0 Å². The van der Waals surface area contributed by atoms with Crippen LogP contribution < -0.4 is 10.0 Å². The van der Waals surface area contributed by atoms with Crippen LogP contribution in [-0.2, 0) is 14.8 Å². The molecule has 0 aromatic carbocycles. The van der Waals surface area contributed by atoms with E-state index in [1.54, 1.807) is 24.4 Å². The molecule has 1 amide bonds. The largest absolute Gasteiger partial charge is 0.338 e. The highest BCUT2D eigenvalue weighted by Gasteiger charge is 2.42. The van der Waals surface area contributed by atoms with E-state index in [1.165, 1.54) is 0 Å². The molecule has 2 rings (SSSR count). The zero-order valence-corrected chi connectivity index (χ0v) is 19.5. The minimum atomic E-state index is -3.68. The molecule has 0 saturated carbocycles. The Balaban J connectivity index is 2.20. The zero-order valence-electron chi connectivity index (χ0n) is 17.9. The van der Waals surface area contributed by atoms with E-state index in [0.717, 1.165) is 37.0 Å². The van der Waals surface area contributed by atoms with Crippen LogP contribution in [0.25, 0.3) is 0 Å². The molecular formula is C20H35N3O3S2. The number of unbranched alkanes of at least 4 members (excludes halogenated alkanes) is 1. The molecule has 1 aliphatic rings. The van der Waals surface area contributed by atoms with Gasteiger partial charge in [-0.25, -0.2) is 8.42 Å². The second kappa shape index (κ2) is 8.81. The summed E-state index contributed by atoms with van der Waals surface area (Å²) in [4.78, 5) is 15.2. The Bertz CT molecular complexity index is 742. The lowest BCUT2D eigenvalue weighted by Gasteiger charge is -2.50. The highest BCUT2D eigenvalue weighted by atomic mass is 32.2. The Morgan fingerprint density at radius 2 is 1.93 bits per heavy atom. The fraction of sp³-hybridized carbons (Fsp3) is 0.750. The van der Waals surface area contributed by atoms with Crippen LogP contribution >= 0.6 is 11.3 Å². The highest BCUT2D eigenvalue weighted by Crippen LogP contribution is 2.32. The van der Waals surface area contributed by atoms with Crippen molar-refractivity contribution in [1.82, 2.24) is 14.9 Å². The molecule has 0 aliphatic carbocycles. The van der Waals surface area contributed by atoms with E-state index in [-0.39, 0.29) is 27.2 Å². The Kier molecular flexibility index (Phi) is 7.34. The number of thiophene rings is 1. The van der Waals surface area contributed by atoms with Crippen LogP contribution in [0.2, 0.25) is 0 Å². The minimum absolute atomic E-state index is 0.0824. The molecule has 1 unspecified atom stereocenters. The van der Waals surface area contributed by atoms with Crippen molar-refractivity contribution < 1.29 is 13.2 Å². The summed E-state index contributed by atoms with van der Waals surface area (Å²) >= 11 is 1.15. The van der Waals surface area contributed by atoms with Crippen LogP contribution in [-0.4, -0.2) is 48.9 Å². The van der Waals surface area contributed by atoms with E-state index in [1.807, 2.05) is 4.90 Å². The van der Waals surface area contributed by atoms with Gasteiger partial charge in [-0.2, -0.15) is 4.72 Å². The van der Waals surface area contributed by atoms with Crippen molar-refractivity contribution in [2.75, 3.05) is 6.54 Å². The molecule has 1 saturated heterocycles. The van der Waals surface area contributed by atoms with Crippen LogP contribution in [0.4, 0.5) is 0 Å². The Labute approximate surface area is 174 Å². The predicted molar refractivity (Wildman–Crippen MR) is 115 cm³/mol. The number of rotatable bonds is 8. The minimum Gasteiger partial charge on any atom is -0.338 e. The topological polar surface area (TPSA) is 78.5 Å². The lowest BCUT2D eigenvalue weighted by atomic mass is 9.79. The van der Waals surface area contributed by atoms with Crippen molar-refractivity contribution in [1.29, 1.82) is 0 Å². The molecule has 160 valence electrons. The summed E-state index contributed by atoms with van der Waals surface area (Å²) in [5.74, 6) is -0.146. The van der Waals surface area contributed by atoms with Crippen molar-refractivity contribution in [2.45, 2.75) is 94.6 Å². The van der Waals surface area contributed by atoms with Crippen molar-refractivity contribution >= 4 is 27.3 Å². The van der Waals surface area contributed by atoms with Crippen LogP contribution in [0, 0.1) is 0 Å². The van der Waals surface area contributed by atoms with Gasteiger partial charge in [0.2, 0.25) is 5.91 Å². The number of hydrogen-bond acceptors (Lipinski definition) is 5. The van der Waals surface area contributed by atoms with E-state index in [9.17, 15) is 13.2 Å². The van der Waals surface area contributed by atoms with Gasteiger partial charge in [-0.05, 0) is 65.3 Å². The van der Waals surface area contributed by atoms with Crippen LogP contribution in [0.15, 0.2) is 21.7 Å². The number of carbonyl (C=O) groups is 1. The van der Waals surface area contributed by atoms with Gasteiger partial charge in [-0.15, -0.1) is 11.3 Å². The second-order valence-electron chi connectivity index (χ2n) is 9.12. The lowest BCUT2D eigenvalue weighted by Crippen LogP contribution is -2.64. The van der Waals surface area contributed by atoms with Gasteiger partial charge in [0.25, 0.3) is 10.0 Å². The third-order valence-corrected chi connectivity index (χ3v) is 8.05. The van der Waals surface area contributed by atoms with Gasteiger partial charge in [0, 0.05) is 23.7 Å². The van der Waals surface area contributed by atoms with E-state index in [0.29, 0.717) is 6.54 Å². The first-order chi connectivity index (χ1) is 12.9. The summed E-state index contributed by atoms with van der Waals surface area (Å²) in [5, 5.41) is 5.37. The number of nitrogens with one attached hydrogen (secondary N) is 2. The summed E-state index contributed by atoms with van der Waals surface area (Å²) in [5.41, 5.74) is -0.173. The smallest absolute Gasteiger partial charge is 0.250 e. The Morgan fingerprint density at radius 1 is 1.32 bits per heavy atom. The molecule has 8 heteroatoms. The number of carbonyl (C=O) groups excluding carboxylic acids is 1. The van der Waals surface area contributed by atoms with Crippen LogP contribution in [0.5, 0.6) is 0 Å². The van der Waals surface area contributed by atoms with Crippen molar-refractivity contribution in [3.8, 4) is 0 Å². The monoisotopic (exact) mass is 429 g/mol. The quantitative estimate of drug-likeness (QED) is 0.664. The Morgan fingerprint density at radius 3 is 2.43 bits per heavy atom. The van der Waals surface area contributed by atoms with E-state index >= 15 is 0 Å². The number of piperidine rings is 1. The molecule has 2 N–H and O–H groups in total. The maximum atomic E-state index is 13.3. The Hall–Kier alpha value is -0.960. The first kappa shape index (κ1) is 23.3. The first-order valence-corrected chi connectivity index (χ1v) is 12.4. The lowest BCUT2D eigenvalue weighted by molar-refractivity contribution is -0.136. The third kappa shape index (κ3) is 6.02. The first-order valence-electron chi connectivity index (χ1n) is 10.0. The predicted octanol–water partition coefficient (Wildman–Crippen LogP) is 3.35. The van der Waals surface area contributed by atoms with Crippen molar-refractivity contribution in [3.63, 3.8) is 0 Å². The fourth-order valence-corrected chi connectivity index (χ4v) is 6.50. The number of sulfonamides is 1. The normalized spacial score (nSPS) is 20.6. The summed E-state index contributed by atoms with van der Waals surface area (Å²) < 4.78 is 27.9. The average molecular weight is 430 g/mol. The van der Waals surface area contributed by atoms with E-state index in [2.05, 4.69) is 44.7 Å². The maximum Gasteiger partial charge on any atom is 0.250 e. The van der Waals surface area contributed by atoms with Gasteiger partial charge in [0.1, 0.15) is 4.21 Å². The van der Waals surface area contributed by atoms with Crippen molar-refractivity contribution in [3.05, 3.63) is 17.5 Å². The van der Waals surface area contributed by atoms with E-state index in [4.69, 9.17) is 0 Å². The van der Waals surface area contributed by atoms with Gasteiger partial charge < -0.3 is 10.2 Å². The summed E-state index contributed by atoms with van der Waals surface area (Å²) in [7, 11) is -3.68. The molecular weight excluding hydrogens is 394 g/mol. The van der Waals surface area contributed by atoms with Gasteiger partial charge >= 0.3 is 0 Å². The highest BCUT2D eigenvalue weighted by molar-refractivity contribution is 7.91. The molecule has 1 aromatic rings. The molecule has 0 spiro atoms. The number of amides is 1. The SMILES string of the molecule is CCCCN(C(=O)C(C)NS(=O)(=O)c1cccs1)C1CC(C)(C)NC(C)(C)C1. The molecule has 1 aliphatic heterocycles. The molecule has 28 heavy (non-hydrogen) atoms. The maximum absolute atomic E-state index is 13.3. The summed E-state index contributed by atoms with van der Waals surface area (Å²) in [6.07, 6.45) is 3.57. The molecule has 0 bridgehead atoms. The van der Waals surface area contributed by atoms with Crippen molar-refractivity contribution in [2.24, 2.45) is 0 Å². The molecule has 1 fully saturated rings.